The summed E-state index contributed by atoms with van der Waals surface area (Å²) in [5.74, 6) is 0.630. The van der Waals surface area contributed by atoms with E-state index in [9.17, 15) is 4.79 Å². The molecule has 1 unspecified atom stereocenters. The van der Waals surface area contributed by atoms with Crippen molar-refractivity contribution in [3.63, 3.8) is 0 Å². The average molecular weight is 169 g/mol. The Morgan fingerprint density at radius 2 is 2.25 bits per heavy atom. The topological polar surface area (TPSA) is 29.1 Å². The molecule has 0 aromatic rings. The highest BCUT2D eigenvalue weighted by Gasteiger charge is 2.22. The molecule has 1 N–H and O–H groups in total. The lowest BCUT2D eigenvalue weighted by molar-refractivity contribution is -0.121. The molecule has 0 aliphatic heterocycles. The van der Waals surface area contributed by atoms with E-state index >= 15 is 0 Å². The summed E-state index contributed by atoms with van der Waals surface area (Å²) >= 11 is 0. The Kier molecular flexibility index (Phi) is 3.73. The van der Waals surface area contributed by atoms with Gasteiger partial charge in [-0.05, 0) is 19.3 Å². The molecule has 12 heavy (non-hydrogen) atoms. The number of ketones is 1. The van der Waals surface area contributed by atoms with Gasteiger partial charge >= 0.3 is 0 Å². The van der Waals surface area contributed by atoms with Crippen molar-refractivity contribution in [3.05, 3.63) is 0 Å². The van der Waals surface area contributed by atoms with Crippen LogP contribution in [0.5, 0.6) is 0 Å². The first kappa shape index (κ1) is 9.72. The van der Waals surface area contributed by atoms with Crippen LogP contribution in [0.3, 0.4) is 0 Å². The van der Waals surface area contributed by atoms with Gasteiger partial charge in [0.05, 0.1) is 6.54 Å². The molecule has 0 amide bonds. The maximum atomic E-state index is 11.4. The molecule has 1 rings (SSSR count). The van der Waals surface area contributed by atoms with E-state index < -0.39 is 0 Å². The number of hydrogen-bond acceptors (Lipinski definition) is 2. The molecule has 0 radical (unpaired) electrons. The summed E-state index contributed by atoms with van der Waals surface area (Å²) in [5, 5.41) is 3.25. The maximum Gasteiger partial charge on any atom is 0.149 e. The molecule has 1 aliphatic rings. The van der Waals surface area contributed by atoms with Gasteiger partial charge < -0.3 is 5.32 Å². The Hall–Kier alpha value is -0.370. The van der Waals surface area contributed by atoms with Crippen LogP contribution >= 0.6 is 0 Å². The number of nitrogens with one attached hydrogen (secondary N) is 1. The van der Waals surface area contributed by atoms with Gasteiger partial charge in [0.1, 0.15) is 5.78 Å². The van der Waals surface area contributed by atoms with E-state index in [1.807, 2.05) is 6.92 Å². The van der Waals surface area contributed by atoms with Crippen LogP contribution in [0.4, 0.5) is 0 Å². The monoisotopic (exact) mass is 169 g/mol. The SMILES string of the molecule is CCCC(C)C(=O)CNC1CC1. The van der Waals surface area contributed by atoms with Gasteiger partial charge in [-0.1, -0.05) is 20.3 Å². The highest BCUT2D eigenvalue weighted by molar-refractivity contribution is 5.82. The molecule has 1 saturated carbocycles. The molecule has 0 bridgehead atoms. The highest BCUT2D eigenvalue weighted by Crippen LogP contribution is 2.18. The lowest BCUT2D eigenvalue weighted by Gasteiger charge is -2.08. The Bertz CT molecular complexity index is 152. The second-order valence-corrected chi connectivity index (χ2v) is 3.81. The van der Waals surface area contributed by atoms with Crippen LogP contribution in [-0.2, 0) is 4.79 Å². The number of carbonyl (C=O) groups is 1. The Balaban J connectivity index is 2.07. The van der Waals surface area contributed by atoms with Gasteiger partial charge in [-0.15, -0.1) is 0 Å². The summed E-state index contributed by atoms with van der Waals surface area (Å²) in [7, 11) is 0. The quantitative estimate of drug-likeness (QED) is 0.656. The van der Waals surface area contributed by atoms with E-state index in [1.165, 1.54) is 12.8 Å². The number of hydrogen-bond donors (Lipinski definition) is 1. The van der Waals surface area contributed by atoms with E-state index in [0.29, 0.717) is 18.4 Å². The standard InChI is InChI=1S/C10H19NO/c1-3-4-8(2)10(12)7-11-9-5-6-9/h8-9,11H,3-7H2,1-2H3. The molecule has 2 heteroatoms. The smallest absolute Gasteiger partial charge is 0.149 e. The highest BCUT2D eigenvalue weighted by atomic mass is 16.1. The van der Waals surface area contributed by atoms with Crippen molar-refractivity contribution in [2.24, 2.45) is 5.92 Å². The van der Waals surface area contributed by atoms with Crippen LogP contribution in [0.25, 0.3) is 0 Å². The van der Waals surface area contributed by atoms with Crippen molar-refractivity contribution in [2.75, 3.05) is 6.54 Å². The minimum atomic E-state index is 0.251. The molecule has 0 aromatic carbocycles. The molecule has 0 spiro atoms. The zero-order valence-electron chi connectivity index (χ0n) is 8.10. The predicted octanol–water partition coefficient (Wildman–Crippen LogP) is 1.74. The third kappa shape index (κ3) is 3.35. The van der Waals surface area contributed by atoms with E-state index in [4.69, 9.17) is 0 Å². The van der Waals surface area contributed by atoms with Crippen LogP contribution in [0.15, 0.2) is 0 Å². The molecule has 1 atom stereocenters. The van der Waals surface area contributed by atoms with E-state index in [2.05, 4.69) is 12.2 Å². The van der Waals surface area contributed by atoms with Gasteiger partial charge in [0.25, 0.3) is 0 Å². The molecule has 2 nitrogen and oxygen atoms in total. The van der Waals surface area contributed by atoms with Crippen molar-refractivity contribution < 1.29 is 4.79 Å². The summed E-state index contributed by atoms with van der Waals surface area (Å²) < 4.78 is 0. The fourth-order valence-corrected chi connectivity index (χ4v) is 1.30. The minimum absolute atomic E-state index is 0.251. The third-order valence-electron chi connectivity index (χ3n) is 2.41. The van der Waals surface area contributed by atoms with Gasteiger partial charge in [0.15, 0.2) is 0 Å². The fourth-order valence-electron chi connectivity index (χ4n) is 1.30. The molecule has 0 heterocycles. The Morgan fingerprint density at radius 1 is 1.58 bits per heavy atom. The van der Waals surface area contributed by atoms with Gasteiger partial charge in [0, 0.05) is 12.0 Å². The minimum Gasteiger partial charge on any atom is -0.307 e. The molecule has 1 fully saturated rings. The molecule has 70 valence electrons. The Morgan fingerprint density at radius 3 is 2.75 bits per heavy atom. The number of rotatable bonds is 6. The molecule has 1 aliphatic carbocycles. The van der Waals surface area contributed by atoms with Crippen molar-refractivity contribution in [3.8, 4) is 0 Å². The number of Topliss-reactive ketones (excluding diaryl/α,β-unsaturated/α-hetero) is 1. The van der Waals surface area contributed by atoms with E-state index in [0.717, 1.165) is 12.8 Å². The molecule has 0 saturated heterocycles. The number of carbonyl (C=O) groups excluding carboxylic acids is 1. The molecular formula is C10H19NO. The van der Waals surface area contributed by atoms with Crippen LogP contribution < -0.4 is 5.32 Å². The van der Waals surface area contributed by atoms with Gasteiger partial charge in [-0.25, -0.2) is 0 Å². The van der Waals surface area contributed by atoms with Crippen LogP contribution in [0, 0.1) is 5.92 Å². The van der Waals surface area contributed by atoms with Crippen molar-refractivity contribution in [1.29, 1.82) is 0 Å². The van der Waals surface area contributed by atoms with Gasteiger partial charge in [-0.3, -0.25) is 4.79 Å². The van der Waals surface area contributed by atoms with Gasteiger partial charge in [0.2, 0.25) is 0 Å². The fraction of sp³-hybridized carbons (Fsp3) is 0.900. The van der Waals surface area contributed by atoms with Crippen molar-refractivity contribution >= 4 is 5.78 Å². The second-order valence-electron chi connectivity index (χ2n) is 3.81. The zero-order valence-corrected chi connectivity index (χ0v) is 8.10. The summed E-state index contributed by atoms with van der Waals surface area (Å²) in [6.07, 6.45) is 4.66. The summed E-state index contributed by atoms with van der Waals surface area (Å²) in [6, 6.07) is 0.655. The van der Waals surface area contributed by atoms with Gasteiger partial charge in [-0.2, -0.15) is 0 Å². The largest absolute Gasteiger partial charge is 0.307 e. The zero-order chi connectivity index (χ0) is 8.97. The maximum absolute atomic E-state index is 11.4. The average Bonchev–Trinajstić information content (AvgIpc) is 2.83. The first-order chi connectivity index (χ1) is 5.74. The van der Waals surface area contributed by atoms with Crippen molar-refractivity contribution in [1.82, 2.24) is 5.32 Å². The summed E-state index contributed by atoms with van der Waals surface area (Å²) in [4.78, 5) is 11.4. The third-order valence-corrected chi connectivity index (χ3v) is 2.41. The lowest BCUT2D eigenvalue weighted by Crippen LogP contribution is -2.28. The van der Waals surface area contributed by atoms with Crippen molar-refractivity contribution in [2.45, 2.75) is 45.6 Å². The van der Waals surface area contributed by atoms with E-state index in [1.54, 1.807) is 0 Å². The Labute approximate surface area is 74.7 Å². The van der Waals surface area contributed by atoms with Crippen LogP contribution in [-0.4, -0.2) is 18.4 Å². The summed E-state index contributed by atoms with van der Waals surface area (Å²) in [6.45, 7) is 4.74. The van der Waals surface area contributed by atoms with Crippen LogP contribution in [0.2, 0.25) is 0 Å². The lowest BCUT2D eigenvalue weighted by atomic mass is 10.0. The molecule has 0 aromatic heterocycles. The first-order valence-electron chi connectivity index (χ1n) is 5.00. The van der Waals surface area contributed by atoms with E-state index in [-0.39, 0.29) is 5.92 Å². The molecular weight excluding hydrogens is 150 g/mol. The normalized spacial score (nSPS) is 19.2. The summed E-state index contributed by atoms with van der Waals surface area (Å²) in [5.41, 5.74) is 0. The second kappa shape index (κ2) is 4.61. The predicted molar refractivity (Wildman–Crippen MR) is 50.1 cm³/mol. The first-order valence-corrected chi connectivity index (χ1v) is 5.00. The van der Waals surface area contributed by atoms with Crippen LogP contribution in [0.1, 0.15) is 39.5 Å².